The van der Waals surface area contributed by atoms with Gasteiger partial charge in [-0.05, 0) is 51.9 Å². The first-order valence-electron chi connectivity index (χ1n) is 9.22. The standard InChI is InChI=1S/C16H32N2O4S2/c19-23(20,13-11-17-7-3-1-4-8-17)15-16-24(21,22)14-12-18-9-5-2-6-10-18/h1-16H2. The summed E-state index contributed by atoms with van der Waals surface area (Å²) in [6.07, 6.45) is 6.96. The SMILES string of the molecule is O=S(=O)(CCN1CCCCC1)CCS(=O)(=O)CCN1CCCCC1. The lowest BCUT2D eigenvalue weighted by molar-refractivity contribution is 0.241. The molecule has 0 radical (unpaired) electrons. The van der Waals surface area contributed by atoms with Crippen LogP contribution in [0.5, 0.6) is 0 Å². The molecule has 8 heteroatoms. The molecule has 0 aromatic rings. The Labute approximate surface area is 147 Å². The van der Waals surface area contributed by atoms with Gasteiger partial charge in [-0.1, -0.05) is 12.8 Å². The van der Waals surface area contributed by atoms with Crippen molar-refractivity contribution in [1.82, 2.24) is 9.80 Å². The summed E-state index contributed by atoms with van der Waals surface area (Å²) >= 11 is 0. The lowest BCUT2D eigenvalue weighted by Crippen LogP contribution is -2.36. The van der Waals surface area contributed by atoms with E-state index in [0.29, 0.717) is 13.1 Å². The molecule has 2 rings (SSSR count). The second-order valence-corrected chi connectivity index (χ2v) is 11.7. The van der Waals surface area contributed by atoms with E-state index in [1.54, 1.807) is 0 Å². The Morgan fingerprint density at radius 3 is 1.17 bits per heavy atom. The summed E-state index contributed by atoms with van der Waals surface area (Å²) < 4.78 is 48.5. The molecule has 0 aromatic carbocycles. The number of hydrogen-bond acceptors (Lipinski definition) is 6. The van der Waals surface area contributed by atoms with Crippen LogP contribution in [0.25, 0.3) is 0 Å². The molecule has 2 aliphatic heterocycles. The third kappa shape index (κ3) is 7.80. The van der Waals surface area contributed by atoms with Crippen molar-refractivity contribution in [3.05, 3.63) is 0 Å². The Kier molecular flexibility index (Phi) is 7.97. The van der Waals surface area contributed by atoms with Crippen LogP contribution < -0.4 is 0 Å². The fourth-order valence-corrected chi connectivity index (χ4v) is 6.87. The quantitative estimate of drug-likeness (QED) is 0.589. The molecule has 0 bridgehead atoms. The van der Waals surface area contributed by atoms with Gasteiger partial charge in [-0.2, -0.15) is 0 Å². The maximum Gasteiger partial charge on any atom is 0.152 e. The highest BCUT2D eigenvalue weighted by Crippen LogP contribution is 2.10. The van der Waals surface area contributed by atoms with Gasteiger partial charge in [0.2, 0.25) is 0 Å². The van der Waals surface area contributed by atoms with Crippen LogP contribution in [0.2, 0.25) is 0 Å². The molecule has 2 fully saturated rings. The van der Waals surface area contributed by atoms with Gasteiger partial charge in [0.1, 0.15) is 0 Å². The Hall–Kier alpha value is -0.180. The van der Waals surface area contributed by atoms with Crippen LogP contribution >= 0.6 is 0 Å². The molecule has 0 spiro atoms. The van der Waals surface area contributed by atoms with E-state index in [1.807, 2.05) is 0 Å². The van der Waals surface area contributed by atoms with Gasteiger partial charge in [-0.3, -0.25) is 0 Å². The van der Waals surface area contributed by atoms with Crippen molar-refractivity contribution in [2.75, 3.05) is 62.3 Å². The lowest BCUT2D eigenvalue weighted by Gasteiger charge is -2.26. The highest BCUT2D eigenvalue weighted by molar-refractivity contribution is 7.95. The van der Waals surface area contributed by atoms with E-state index in [1.165, 1.54) is 12.8 Å². The highest BCUT2D eigenvalue weighted by atomic mass is 32.2. The second-order valence-electron chi connectivity index (χ2n) is 7.11. The second kappa shape index (κ2) is 9.50. The maximum atomic E-state index is 12.1. The van der Waals surface area contributed by atoms with Crippen LogP contribution in [0.4, 0.5) is 0 Å². The summed E-state index contributed by atoms with van der Waals surface area (Å²) in [5, 5.41) is 0. The first kappa shape index (κ1) is 20.1. The normalized spacial score (nSPS) is 21.8. The summed E-state index contributed by atoms with van der Waals surface area (Å²) in [7, 11) is -6.58. The zero-order chi connectivity index (χ0) is 17.5. The van der Waals surface area contributed by atoms with E-state index in [-0.39, 0.29) is 23.0 Å². The Balaban J connectivity index is 1.68. The van der Waals surface area contributed by atoms with Crippen LogP contribution in [0, 0.1) is 0 Å². The van der Waals surface area contributed by atoms with Crippen molar-refractivity contribution < 1.29 is 16.8 Å². The maximum absolute atomic E-state index is 12.1. The minimum absolute atomic E-state index is 0.0780. The van der Waals surface area contributed by atoms with E-state index >= 15 is 0 Å². The molecule has 6 nitrogen and oxygen atoms in total. The van der Waals surface area contributed by atoms with E-state index in [0.717, 1.165) is 51.9 Å². The number of rotatable bonds is 9. The molecular formula is C16H32N2O4S2. The lowest BCUT2D eigenvalue weighted by atomic mass is 10.1. The van der Waals surface area contributed by atoms with Gasteiger partial charge in [0.05, 0.1) is 23.0 Å². The monoisotopic (exact) mass is 380 g/mol. The summed E-state index contributed by atoms with van der Waals surface area (Å²) in [6.45, 7) is 4.92. The molecule has 142 valence electrons. The molecule has 0 saturated carbocycles. The Bertz CT molecular complexity index is 511. The summed E-state index contributed by atoms with van der Waals surface area (Å²) in [5.41, 5.74) is 0. The molecule has 0 aliphatic carbocycles. The predicted molar refractivity (Wildman–Crippen MR) is 97.9 cm³/mol. The minimum Gasteiger partial charge on any atom is -0.302 e. The first-order valence-corrected chi connectivity index (χ1v) is 12.9. The van der Waals surface area contributed by atoms with Crippen molar-refractivity contribution in [1.29, 1.82) is 0 Å². The topological polar surface area (TPSA) is 74.8 Å². The van der Waals surface area contributed by atoms with Crippen molar-refractivity contribution in [3.8, 4) is 0 Å². The van der Waals surface area contributed by atoms with E-state index in [9.17, 15) is 16.8 Å². The van der Waals surface area contributed by atoms with E-state index in [4.69, 9.17) is 0 Å². The average molecular weight is 381 g/mol. The van der Waals surface area contributed by atoms with Crippen molar-refractivity contribution in [2.45, 2.75) is 38.5 Å². The fraction of sp³-hybridized carbons (Fsp3) is 1.00. The van der Waals surface area contributed by atoms with Gasteiger partial charge < -0.3 is 9.80 Å². The minimum atomic E-state index is -3.29. The van der Waals surface area contributed by atoms with Gasteiger partial charge in [0.25, 0.3) is 0 Å². The van der Waals surface area contributed by atoms with Crippen LogP contribution in [-0.2, 0) is 19.7 Å². The molecule has 2 aliphatic rings. The molecular weight excluding hydrogens is 348 g/mol. The van der Waals surface area contributed by atoms with Crippen molar-refractivity contribution >= 4 is 19.7 Å². The summed E-state index contributed by atoms with van der Waals surface area (Å²) in [6, 6.07) is 0. The fourth-order valence-electron chi connectivity index (χ4n) is 3.36. The molecule has 24 heavy (non-hydrogen) atoms. The van der Waals surface area contributed by atoms with Gasteiger partial charge >= 0.3 is 0 Å². The Morgan fingerprint density at radius 2 is 0.833 bits per heavy atom. The van der Waals surface area contributed by atoms with Gasteiger partial charge in [0, 0.05) is 13.1 Å². The average Bonchev–Trinajstić information content (AvgIpc) is 2.59. The van der Waals surface area contributed by atoms with Crippen molar-refractivity contribution in [2.24, 2.45) is 0 Å². The zero-order valence-electron chi connectivity index (χ0n) is 14.7. The smallest absolute Gasteiger partial charge is 0.152 e. The van der Waals surface area contributed by atoms with E-state index < -0.39 is 19.7 Å². The van der Waals surface area contributed by atoms with Gasteiger partial charge in [-0.25, -0.2) is 16.8 Å². The van der Waals surface area contributed by atoms with Crippen LogP contribution in [0.15, 0.2) is 0 Å². The highest BCUT2D eigenvalue weighted by Gasteiger charge is 2.21. The van der Waals surface area contributed by atoms with Crippen LogP contribution in [-0.4, -0.2) is 88.9 Å². The first-order chi connectivity index (χ1) is 11.4. The molecule has 0 aromatic heterocycles. The third-order valence-corrected chi connectivity index (χ3v) is 8.56. The summed E-state index contributed by atoms with van der Waals surface area (Å²) in [5.74, 6) is -0.310. The number of nitrogens with zero attached hydrogens (tertiary/aromatic N) is 2. The molecule has 2 heterocycles. The van der Waals surface area contributed by atoms with Crippen LogP contribution in [0.3, 0.4) is 0 Å². The largest absolute Gasteiger partial charge is 0.302 e. The third-order valence-electron chi connectivity index (χ3n) is 5.04. The Morgan fingerprint density at radius 1 is 0.500 bits per heavy atom. The molecule has 0 unspecified atom stereocenters. The number of piperidine rings is 2. The van der Waals surface area contributed by atoms with Gasteiger partial charge in [0.15, 0.2) is 19.7 Å². The van der Waals surface area contributed by atoms with Crippen LogP contribution in [0.1, 0.15) is 38.5 Å². The summed E-state index contributed by atoms with van der Waals surface area (Å²) in [4.78, 5) is 4.35. The zero-order valence-corrected chi connectivity index (χ0v) is 16.3. The molecule has 0 atom stereocenters. The van der Waals surface area contributed by atoms with Crippen molar-refractivity contribution in [3.63, 3.8) is 0 Å². The molecule has 0 N–H and O–H groups in total. The van der Waals surface area contributed by atoms with E-state index in [2.05, 4.69) is 9.80 Å². The number of hydrogen-bond donors (Lipinski definition) is 0. The number of sulfone groups is 2. The number of likely N-dealkylation sites (tertiary alicyclic amines) is 2. The van der Waals surface area contributed by atoms with Gasteiger partial charge in [-0.15, -0.1) is 0 Å². The molecule has 2 saturated heterocycles. The molecule has 0 amide bonds. The predicted octanol–water partition coefficient (Wildman–Crippen LogP) is 0.788.